The van der Waals surface area contributed by atoms with Gasteiger partial charge in [0.15, 0.2) is 0 Å². The summed E-state index contributed by atoms with van der Waals surface area (Å²) in [5.74, 6) is 0. The first-order valence-electron chi connectivity index (χ1n) is 5.07. The van der Waals surface area contributed by atoms with Crippen molar-refractivity contribution in [3.63, 3.8) is 0 Å². The van der Waals surface area contributed by atoms with Crippen molar-refractivity contribution in [3.05, 3.63) is 21.9 Å². The van der Waals surface area contributed by atoms with Crippen molar-refractivity contribution in [2.45, 2.75) is 25.0 Å². The van der Waals surface area contributed by atoms with Crippen LogP contribution in [0.3, 0.4) is 0 Å². The Bertz CT molecular complexity index is 380. The number of hydrogen-bond acceptors (Lipinski definition) is 4. The summed E-state index contributed by atoms with van der Waals surface area (Å²) >= 11 is 1.52. The Balaban J connectivity index is 2.08. The van der Waals surface area contributed by atoms with Crippen LogP contribution in [0.4, 0.5) is 4.79 Å². The molecule has 2 amide bonds. The van der Waals surface area contributed by atoms with Gasteiger partial charge in [-0.1, -0.05) is 0 Å². The van der Waals surface area contributed by atoms with E-state index in [0.29, 0.717) is 6.42 Å². The first kappa shape index (κ1) is 11.4. The van der Waals surface area contributed by atoms with E-state index in [1.807, 2.05) is 11.4 Å². The number of carbonyl (C=O) groups is 1. The molecule has 0 unspecified atom stereocenters. The minimum atomic E-state index is -0.390. The zero-order valence-electron chi connectivity index (χ0n) is 8.90. The molecule has 1 heterocycles. The predicted molar refractivity (Wildman–Crippen MR) is 59.9 cm³/mol. The van der Waals surface area contributed by atoms with Gasteiger partial charge in [-0.05, 0) is 29.9 Å². The second kappa shape index (κ2) is 4.82. The molecule has 1 aromatic heterocycles. The van der Waals surface area contributed by atoms with E-state index in [2.05, 4.69) is 15.6 Å². The molecule has 0 spiro atoms. The molecule has 3 N–H and O–H groups in total. The number of thiophene rings is 1. The molecule has 6 heteroatoms. The summed E-state index contributed by atoms with van der Waals surface area (Å²) in [6.45, 7) is 0. The van der Waals surface area contributed by atoms with Gasteiger partial charge in [-0.15, -0.1) is 11.3 Å². The Morgan fingerprint density at radius 2 is 2.44 bits per heavy atom. The second-order valence-electron chi connectivity index (χ2n) is 3.67. The molecule has 5 nitrogen and oxygen atoms in total. The van der Waals surface area contributed by atoms with E-state index < -0.39 is 6.10 Å². The second-order valence-corrected chi connectivity index (χ2v) is 4.61. The van der Waals surface area contributed by atoms with Crippen LogP contribution in [0.5, 0.6) is 0 Å². The minimum Gasteiger partial charge on any atom is -0.388 e. The van der Waals surface area contributed by atoms with Crippen LogP contribution < -0.4 is 10.8 Å². The molecule has 1 aliphatic rings. The van der Waals surface area contributed by atoms with Crippen molar-refractivity contribution in [3.8, 4) is 0 Å². The lowest BCUT2D eigenvalue weighted by Crippen LogP contribution is -2.38. The lowest BCUT2D eigenvalue weighted by molar-refractivity contribution is 0.103. The first-order chi connectivity index (χ1) is 7.72. The highest BCUT2D eigenvalue weighted by Gasteiger charge is 2.27. The molecule has 16 heavy (non-hydrogen) atoms. The molecule has 0 fully saturated rings. The number of rotatable bonds is 2. The molecule has 2 rings (SSSR count). The molecule has 0 radical (unpaired) electrons. The average molecular weight is 242 g/mol. The SMILES string of the molecule is CONC(=O)N[C@@H]1CC[C@@H](O)c2sccc21. The van der Waals surface area contributed by atoms with E-state index in [0.717, 1.165) is 16.9 Å². The topological polar surface area (TPSA) is 70.6 Å². The number of fused-ring (bicyclic) bond motifs is 1. The van der Waals surface area contributed by atoms with Crippen molar-refractivity contribution in [1.82, 2.24) is 10.8 Å². The summed E-state index contributed by atoms with van der Waals surface area (Å²) in [6, 6.07) is 1.54. The summed E-state index contributed by atoms with van der Waals surface area (Å²) in [5.41, 5.74) is 3.23. The molecule has 0 aromatic carbocycles. The predicted octanol–water partition coefficient (Wildman–Crippen LogP) is 1.48. The molecule has 0 bridgehead atoms. The van der Waals surface area contributed by atoms with E-state index in [9.17, 15) is 9.90 Å². The number of carbonyl (C=O) groups excluding carboxylic acids is 1. The van der Waals surface area contributed by atoms with Gasteiger partial charge in [0.25, 0.3) is 0 Å². The summed E-state index contributed by atoms with van der Waals surface area (Å²) in [6.07, 6.45) is 1.02. The van der Waals surface area contributed by atoms with Crippen LogP contribution in [0.15, 0.2) is 11.4 Å². The number of nitrogens with one attached hydrogen (secondary N) is 2. The van der Waals surface area contributed by atoms with Crippen LogP contribution in [0.1, 0.15) is 35.4 Å². The van der Waals surface area contributed by atoms with E-state index >= 15 is 0 Å². The summed E-state index contributed by atoms with van der Waals surface area (Å²) in [5, 5.41) is 14.5. The van der Waals surface area contributed by atoms with Crippen LogP contribution in [-0.2, 0) is 4.84 Å². The van der Waals surface area contributed by atoms with Crippen LogP contribution in [-0.4, -0.2) is 18.2 Å². The van der Waals surface area contributed by atoms with Crippen LogP contribution in [0.2, 0.25) is 0 Å². The number of aliphatic hydroxyl groups is 1. The summed E-state index contributed by atoms with van der Waals surface area (Å²) in [4.78, 5) is 16.8. The maximum atomic E-state index is 11.3. The Labute approximate surface area is 97.4 Å². The Hall–Kier alpha value is -1.11. The largest absolute Gasteiger partial charge is 0.388 e. The number of aliphatic hydroxyl groups excluding tert-OH is 1. The quantitative estimate of drug-likeness (QED) is 0.688. The Kier molecular flexibility index (Phi) is 3.42. The van der Waals surface area contributed by atoms with E-state index in [1.165, 1.54) is 18.4 Å². The maximum absolute atomic E-state index is 11.3. The van der Waals surface area contributed by atoms with Crippen molar-refractivity contribution >= 4 is 17.4 Å². The van der Waals surface area contributed by atoms with E-state index in [4.69, 9.17) is 0 Å². The number of hydrogen-bond donors (Lipinski definition) is 3. The van der Waals surface area contributed by atoms with E-state index in [1.54, 1.807) is 0 Å². The number of amides is 2. The molecule has 88 valence electrons. The lowest BCUT2D eigenvalue weighted by Gasteiger charge is -2.26. The van der Waals surface area contributed by atoms with Gasteiger partial charge in [0.2, 0.25) is 0 Å². The van der Waals surface area contributed by atoms with Crippen molar-refractivity contribution in [2.75, 3.05) is 7.11 Å². The summed E-state index contributed by atoms with van der Waals surface area (Å²) in [7, 11) is 1.39. The average Bonchev–Trinajstić information content (AvgIpc) is 2.72. The van der Waals surface area contributed by atoms with E-state index in [-0.39, 0.29) is 12.1 Å². The minimum absolute atomic E-state index is 0.0419. The summed E-state index contributed by atoms with van der Waals surface area (Å²) < 4.78 is 0. The molecule has 0 saturated heterocycles. The highest BCUT2D eigenvalue weighted by molar-refractivity contribution is 7.10. The number of urea groups is 1. The monoisotopic (exact) mass is 242 g/mol. The van der Waals surface area contributed by atoms with Gasteiger partial charge in [0.05, 0.1) is 19.3 Å². The van der Waals surface area contributed by atoms with Crippen LogP contribution in [0, 0.1) is 0 Å². The van der Waals surface area contributed by atoms with Gasteiger partial charge in [-0.2, -0.15) is 0 Å². The normalized spacial score (nSPS) is 23.6. The fourth-order valence-corrected chi connectivity index (χ4v) is 2.91. The van der Waals surface area contributed by atoms with Gasteiger partial charge in [0, 0.05) is 4.88 Å². The fourth-order valence-electron chi connectivity index (χ4n) is 1.93. The molecular weight excluding hydrogens is 228 g/mol. The molecule has 1 aromatic rings. The zero-order valence-corrected chi connectivity index (χ0v) is 9.71. The third-order valence-electron chi connectivity index (χ3n) is 2.63. The maximum Gasteiger partial charge on any atom is 0.339 e. The Morgan fingerprint density at radius 3 is 3.19 bits per heavy atom. The lowest BCUT2D eigenvalue weighted by atomic mass is 9.92. The molecule has 0 aliphatic heterocycles. The third kappa shape index (κ3) is 2.18. The van der Waals surface area contributed by atoms with Crippen molar-refractivity contribution in [1.29, 1.82) is 0 Å². The van der Waals surface area contributed by atoms with Crippen molar-refractivity contribution in [2.24, 2.45) is 0 Å². The van der Waals surface area contributed by atoms with Gasteiger partial charge in [-0.25, -0.2) is 10.3 Å². The molecular formula is C10H14N2O3S. The third-order valence-corrected chi connectivity index (χ3v) is 3.67. The number of hydroxylamine groups is 1. The molecule has 0 saturated carbocycles. The van der Waals surface area contributed by atoms with Gasteiger partial charge >= 0.3 is 6.03 Å². The zero-order chi connectivity index (χ0) is 11.5. The molecule has 1 aliphatic carbocycles. The highest BCUT2D eigenvalue weighted by Crippen LogP contribution is 2.39. The van der Waals surface area contributed by atoms with Crippen LogP contribution in [0.25, 0.3) is 0 Å². The molecule has 2 atom stereocenters. The fraction of sp³-hybridized carbons (Fsp3) is 0.500. The smallest absolute Gasteiger partial charge is 0.339 e. The van der Waals surface area contributed by atoms with Gasteiger partial charge in [0.1, 0.15) is 0 Å². The highest BCUT2D eigenvalue weighted by atomic mass is 32.1. The van der Waals surface area contributed by atoms with Gasteiger partial charge in [-0.3, -0.25) is 4.84 Å². The standard InChI is InChI=1S/C10H14N2O3S/c1-15-12-10(14)11-7-2-3-8(13)9-6(7)4-5-16-9/h4-5,7-8,13H,2-3H2,1H3,(H2,11,12,14)/t7-,8-/m1/s1. The van der Waals surface area contributed by atoms with Gasteiger partial charge < -0.3 is 10.4 Å². The van der Waals surface area contributed by atoms with Crippen LogP contribution >= 0.6 is 11.3 Å². The first-order valence-corrected chi connectivity index (χ1v) is 5.95. The Morgan fingerprint density at radius 1 is 1.62 bits per heavy atom. The van der Waals surface area contributed by atoms with Crippen molar-refractivity contribution < 1.29 is 14.7 Å².